The molecule has 0 aliphatic heterocycles. The van der Waals surface area contributed by atoms with Crippen LogP contribution in [0.25, 0.3) is 0 Å². The maximum atomic E-state index is 12.9. The average Bonchev–Trinajstić information content (AvgIpc) is 2.12. The van der Waals surface area contributed by atoms with Gasteiger partial charge in [0.1, 0.15) is 0 Å². The summed E-state index contributed by atoms with van der Waals surface area (Å²) in [6.45, 7) is 4.63. The molecule has 0 atom stereocenters. The summed E-state index contributed by atoms with van der Waals surface area (Å²) in [7, 11) is 0. The lowest BCUT2D eigenvalue weighted by Crippen LogP contribution is -2.14. The van der Waals surface area contributed by atoms with Crippen molar-refractivity contribution in [1.29, 1.82) is 0 Å². The Hall–Kier alpha value is -0.870. The molecule has 1 rings (SSSR count). The van der Waals surface area contributed by atoms with Gasteiger partial charge in [-0.05, 0) is 6.07 Å². The molecule has 0 radical (unpaired) electrons. The predicted molar refractivity (Wildman–Crippen MR) is 57.8 cm³/mol. The van der Waals surface area contributed by atoms with E-state index in [4.69, 9.17) is 0 Å². The topological polar surface area (TPSA) is 32.3 Å². The molecule has 0 bridgehead atoms. The van der Waals surface area contributed by atoms with E-state index in [1.807, 2.05) is 0 Å². The van der Waals surface area contributed by atoms with Gasteiger partial charge in [-0.2, -0.15) is 0 Å². The Morgan fingerprint density at radius 2 is 2.29 bits per heavy atom. The summed E-state index contributed by atoms with van der Waals surface area (Å²) >= 11 is 3.19. The van der Waals surface area contributed by atoms with E-state index in [0.717, 1.165) is 4.48 Å². The van der Waals surface area contributed by atoms with Crippen molar-refractivity contribution in [3.8, 4) is 5.75 Å². The highest BCUT2D eigenvalue weighted by Gasteiger charge is 2.05. The highest BCUT2D eigenvalue weighted by atomic mass is 79.9. The fourth-order valence-corrected chi connectivity index (χ4v) is 1.23. The molecule has 1 aromatic rings. The number of nitrogens with one attached hydrogen (secondary N) is 1. The maximum absolute atomic E-state index is 12.9. The fourth-order valence-electron chi connectivity index (χ4n) is 1.04. The van der Waals surface area contributed by atoms with E-state index in [0.29, 0.717) is 18.7 Å². The number of phenolic OH excluding ortho intramolecular Hbond substituents is 1. The van der Waals surface area contributed by atoms with E-state index in [9.17, 15) is 9.50 Å². The minimum atomic E-state index is -0.595. The van der Waals surface area contributed by atoms with Crippen molar-refractivity contribution >= 4 is 15.9 Å². The first-order valence-electron chi connectivity index (χ1n) is 4.11. The molecule has 0 spiro atoms. The van der Waals surface area contributed by atoms with Gasteiger partial charge in [-0.15, -0.1) is 0 Å². The third kappa shape index (κ3) is 3.12. The second-order valence-corrected chi connectivity index (χ2v) is 3.99. The van der Waals surface area contributed by atoms with Gasteiger partial charge in [-0.3, -0.25) is 0 Å². The lowest BCUT2D eigenvalue weighted by atomic mass is 10.2. The van der Waals surface area contributed by atoms with Crippen LogP contribution >= 0.6 is 15.9 Å². The molecule has 0 aliphatic rings. The van der Waals surface area contributed by atoms with Gasteiger partial charge in [0.05, 0.1) is 0 Å². The van der Waals surface area contributed by atoms with Gasteiger partial charge in [-0.1, -0.05) is 34.6 Å². The minimum Gasteiger partial charge on any atom is -0.505 e. The first kappa shape index (κ1) is 11.2. The molecule has 4 heteroatoms. The summed E-state index contributed by atoms with van der Waals surface area (Å²) < 4.78 is 13.7. The third-order valence-electron chi connectivity index (χ3n) is 1.70. The molecule has 0 unspecified atom stereocenters. The molecule has 1 aromatic carbocycles. The van der Waals surface area contributed by atoms with Crippen LogP contribution in [0, 0.1) is 5.82 Å². The van der Waals surface area contributed by atoms with Gasteiger partial charge in [0.15, 0.2) is 11.6 Å². The van der Waals surface area contributed by atoms with E-state index in [1.165, 1.54) is 6.07 Å². The molecule has 0 fully saturated rings. The number of hydrogen-bond donors (Lipinski definition) is 2. The zero-order chi connectivity index (χ0) is 10.6. The SMILES string of the molecule is C=C(Br)CNCc1cccc(F)c1O. The molecule has 2 N–H and O–H groups in total. The Labute approximate surface area is 90.6 Å². The standard InChI is InChI=1S/C10H11BrFNO/c1-7(11)5-13-6-8-3-2-4-9(12)10(8)14/h2-4,13-14H,1,5-6H2. The zero-order valence-corrected chi connectivity index (χ0v) is 9.14. The normalized spacial score (nSPS) is 10.1. The van der Waals surface area contributed by atoms with Crippen LogP contribution in [0.5, 0.6) is 5.75 Å². The monoisotopic (exact) mass is 259 g/mol. The lowest BCUT2D eigenvalue weighted by molar-refractivity contribution is 0.424. The van der Waals surface area contributed by atoms with E-state index >= 15 is 0 Å². The molecule has 0 saturated carbocycles. The van der Waals surface area contributed by atoms with Gasteiger partial charge < -0.3 is 10.4 Å². The van der Waals surface area contributed by atoms with Crippen molar-refractivity contribution in [1.82, 2.24) is 5.32 Å². The number of phenols is 1. The molecule has 76 valence electrons. The number of halogens is 2. The molecule has 14 heavy (non-hydrogen) atoms. The highest BCUT2D eigenvalue weighted by Crippen LogP contribution is 2.20. The Kier molecular flexibility index (Phi) is 4.10. The van der Waals surface area contributed by atoms with Crippen molar-refractivity contribution in [3.63, 3.8) is 0 Å². The molecule has 0 aromatic heterocycles. The van der Waals surface area contributed by atoms with E-state index in [-0.39, 0.29) is 5.75 Å². The smallest absolute Gasteiger partial charge is 0.165 e. The van der Waals surface area contributed by atoms with E-state index in [1.54, 1.807) is 12.1 Å². The van der Waals surface area contributed by atoms with Gasteiger partial charge in [0.2, 0.25) is 0 Å². The molecule has 2 nitrogen and oxygen atoms in total. The van der Waals surface area contributed by atoms with Gasteiger partial charge >= 0.3 is 0 Å². The number of hydrogen-bond acceptors (Lipinski definition) is 2. The Morgan fingerprint density at radius 1 is 1.57 bits per heavy atom. The summed E-state index contributed by atoms with van der Waals surface area (Å²) in [5, 5.41) is 12.3. The molecular formula is C10H11BrFNO. The Morgan fingerprint density at radius 3 is 2.93 bits per heavy atom. The van der Waals surface area contributed by atoms with E-state index < -0.39 is 5.82 Å². The molecule has 0 aliphatic carbocycles. The van der Waals surface area contributed by atoms with Crippen LogP contribution in [0.4, 0.5) is 4.39 Å². The first-order chi connectivity index (χ1) is 6.61. The van der Waals surface area contributed by atoms with Crippen LogP contribution in [0.15, 0.2) is 29.3 Å². The number of benzene rings is 1. The summed E-state index contributed by atoms with van der Waals surface area (Å²) in [5.74, 6) is -0.887. The number of rotatable bonds is 4. The summed E-state index contributed by atoms with van der Waals surface area (Å²) in [5.41, 5.74) is 0.541. The predicted octanol–water partition coefficient (Wildman–Crippen LogP) is 2.53. The van der Waals surface area contributed by atoms with Gasteiger partial charge in [0.25, 0.3) is 0 Å². The zero-order valence-electron chi connectivity index (χ0n) is 7.56. The largest absolute Gasteiger partial charge is 0.505 e. The molecule has 0 amide bonds. The summed E-state index contributed by atoms with van der Waals surface area (Å²) in [6, 6.07) is 4.46. The minimum absolute atomic E-state index is 0.291. The van der Waals surface area contributed by atoms with Crippen LogP contribution in [0.1, 0.15) is 5.56 Å². The highest BCUT2D eigenvalue weighted by molar-refractivity contribution is 9.11. The Bertz CT molecular complexity index is 341. The molecule has 0 saturated heterocycles. The van der Waals surface area contributed by atoms with Crippen molar-refractivity contribution in [3.05, 3.63) is 40.6 Å². The second-order valence-electron chi connectivity index (χ2n) is 2.87. The van der Waals surface area contributed by atoms with Crippen LogP contribution in [-0.2, 0) is 6.54 Å². The quantitative estimate of drug-likeness (QED) is 0.871. The number of aromatic hydroxyl groups is 1. The van der Waals surface area contributed by atoms with E-state index in [2.05, 4.69) is 27.8 Å². The molecule has 0 heterocycles. The average molecular weight is 260 g/mol. The van der Waals surface area contributed by atoms with Crippen LogP contribution in [0.2, 0.25) is 0 Å². The van der Waals surface area contributed by atoms with Crippen molar-refractivity contribution in [2.24, 2.45) is 0 Å². The van der Waals surface area contributed by atoms with Crippen molar-refractivity contribution in [2.45, 2.75) is 6.54 Å². The maximum Gasteiger partial charge on any atom is 0.165 e. The van der Waals surface area contributed by atoms with Gasteiger partial charge in [0, 0.05) is 23.1 Å². The van der Waals surface area contributed by atoms with Crippen molar-refractivity contribution < 1.29 is 9.50 Å². The molecular weight excluding hydrogens is 249 g/mol. The Balaban J connectivity index is 2.59. The fraction of sp³-hybridized carbons (Fsp3) is 0.200. The third-order valence-corrected chi connectivity index (χ3v) is 1.98. The van der Waals surface area contributed by atoms with Crippen LogP contribution in [0.3, 0.4) is 0 Å². The van der Waals surface area contributed by atoms with Gasteiger partial charge in [-0.25, -0.2) is 4.39 Å². The first-order valence-corrected chi connectivity index (χ1v) is 4.91. The number of para-hydroxylation sites is 1. The van der Waals surface area contributed by atoms with Crippen molar-refractivity contribution in [2.75, 3.05) is 6.54 Å². The van der Waals surface area contributed by atoms with Crippen LogP contribution in [-0.4, -0.2) is 11.7 Å². The summed E-state index contributed by atoms with van der Waals surface area (Å²) in [6.07, 6.45) is 0. The second kappa shape index (κ2) is 5.12. The lowest BCUT2D eigenvalue weighted by Gasteiger charge is -2.06. The summed E-state index contributed by atoms with van der Waals surface area (Å²) in [4.78, 5) is 0. The van der Waals surface area contributed by atoms with Crippen LogP contribution < -0.4 is 5.32 Å².